The standard InChI is InChI=1S/C14H9BrF2N2O2/c1-14(7-2-9(16)5-10(17)3-7)13(20)19-11-4-8(15)6-18-12(11)21-14/h2-6H,1H3,(H,19,20). The summed E-state index contributed by atoms with van der Waals surface area (Å²) in [5.41, 5.74) is -1.09. The third kappa shape index (κ3) is 2.37. The number of hydrogen-bond donors (Lipinski definition) is 1. The van der Waals surface area contributed by atoms with Crippen LogP contribution in [0.3, 0.4) is 0 Å². The van der Waals surface area contributed by atoms with E-state index in [1.54, 1.807) is 6.07 Å². The molecule has 2 heterocycles. The van der Waals surface area contributed by atoms with Gasteiger partial charge in [0.2, 0.25) is 11.5 Å². The molecule has 108 valence electrons. The smallest absolute Gasteiger partial charge is 0.273 e. The minimum absolute atomic E-state index is 0.0767. The molecule has 2 aromatic rings. The van der Waals surface area contributed by atoms with Crippen LogP contribution in [0.5, 0.6) is 5.88 Å². The molecule has 1 aliphatic heterocycles. The van der Waals surface area contributed by atoms with Crippen molar-refractivity contribution in [2.75, 3.05) is 5.32 Å². The number of aromatic nitrogens is 1. The average molecular weight is 355 g/mol. The minimum Gasteiger partial charge on any atom is -0.455 e. The van der Waals surface area contributed by atoms with Gasteiger partial charge in [0.05, 0.1) is 0 Å². The number of anilines is 1. The van der Waals surface area contributed by atoms with Gasteiger partial charge in [-0.3, -0.25) is 4.79 Å². The first-order valence-electron chi connectivity index (χ1n) is 6.01. The monoisotopic (exact) mass is 354 g/mol. The molecule has 0 radical (unpaired) electrons. The van der Waals surface area contributed by atoms with Gasteiger partial charge in [0.25, 0.3) is 5.91 Å². The third-order valence-electron chi connectivity index (χ3n) is 3.21. The number of fused-ring (bicyclic) bond motifs is 1. The molecule has 0 bridgehead atoms. The molecule has 4 nitrogen and oxygen atoms in total. The van der Waals surface area contributed by atoms with Crippen LogP contribution in [0.1, 0.15) is 12.5 Å². The summed E-state index contributed by atoms with van der Waals surface area (Å²) in [6.07, 6.45) is 1.50. The van der Waals surface area contributed by atoms with Gasteiger partial charge in [-0.15, -0.1) is 0 Å². The summed E-state index contributed by atoms with van der Waals surface area (Å²) < 4.78 is 33.0. The number of nitrogens with one attached hydrogen (secondary N) is 1. The Morgan fingerprint density at radius 2 is 1.90 bits per heavy atom. The van der Waals surface area contributed by atoms with Gasteiger partial charge in [0.1, 0.15) is 17.3 Å². The molecule has 0 saturated heterocycles. The Morgan fingerprint density at radius 3 is 2.57 bits per heavy atom. The Kier molecular flexibility index (Phi) is 3.16. The zero-order valence-electron chi connectivity index (χ0n) is 10.8. The van der Waals surface area contributed by atoms with E-state index < -0.39 is 23.1 Å². The second kappa shape index (κ2) is 4.77. The molecule has 1 aliphatic rings. The minimum atomic E-state index is -1.56. The maximum Gasteiger partial charge on any atom is 0.273 e. The van der Waals surface area contributed by atoms with Crippen LogP contribution in [-0.2, 0) is 10.4 Å². The fourth-order valence-corrected chi connectivity index (χ4v) is 2.43. The van der Waals surface area contributed by atoms with Crippen molar-refractivity contribution in [2.45, 2.75) is 12.5 Å². The molecule has 1 aromatic carbocycles. The van der Waals surface area contributed by atoms with Gasteiger partial charge in [-0.2, -0.15) is 0 Å². The lowest BCUT2D eigenvalue weighted by atomic mass is 9.93. The van der Waals surface area contributed by atoms with E-state index in [0.29, 0.717) is 10.2 Å². The summed E-state index contributed by atoms with van der Waals surface area (Å²) >= 11 is 3.23. The molecule has 0 aliphatic carbocycles. The van der Waals surface area contributed by atoms with Crippen LogP contribution in [-0.4, -0.2) is 10.9 Å². The molecule has 1 atom stereocenters. The highest BCUT2D eigenvalue weighted by molar-refractivity contribution is 9.10. The van der Waals surface area contributed by atoms with E-state index in [-0.39, 0.29) is 11.4 Å². The number of rotatable bonds is 1. The van der Waals surface area contributed by atoms with Crippen LogP contribution in [0.25, 0.3) is 0 Å². The maximum absolute atomic E-state index is 13.4. The van der Waals surface area contributed by atoms with Crippen molar-refractivity contribution in [1.82, 2.24) is 4.98 Å². The number of carbonyl (C=O) groups is 1. The summed E-state index contributed by atoms with van der Waals surface area (Å²) in [6.45, 7) is 1.43. The first-order chi connectivity index (χ1) is 9.88. The molecule has 0 spiro atoms. The third-order valence-corrected chi connectivity index (χ3v) is 3.65. The number of nitrogens with zero attached hydrogens (tertiary/aromatic N) is 1. The van der Waals surface area contributed by atoms with Gasteiger partial charge in [0, 0.05) is 22.3 Å². The van der Waals surface area contributed by atoms with Crippen molar-refractivity contribution >= 4 is 27.5 Å². The molecule has 0 fully saturated rings. The number of pyridine rings is 1. The van der Waals surface area contributed by atoms with E-state index in [9.17, 15) is 13.6 Å². The number of carbonyl (C=O) groups excluding carboxylic acids is 1. The molecule has 1 amide bonds. The van der Waals surface area contributed by atoms with E-state index in [1.807, 2.05) is 0 Å². The highest BCUT2D eigenvalue weighted by Gasteiger charge is 2.43. The van der Waals surface area contributed by atoms with E-state index >= 15 is 0 Å². The molecule has 0 saturated carbocycles. The molecule has 21 heavy (non-hydrogen) atoms. The molecule has 1 N–H and O–H groups in total. The van der Waals surface area contributed by atoms with Crippen molar-refractivity contribution in [1.29, 1.82) is 0 Å². The van der Waals surface area contributed by atoms with Gasteiger partial charge < -0.3 is 10.1 Å². The van der Waals surface area contributed by atoms with Crippen molar-refractivity contribution < 1.29 is 18.3 Å². The van der Waals surface area contributed by atoms with Gasteiger partial charge >= 0.3 is 0 Å². The summed E-state index contributed by atoms with van der Waals surface area (Å²) in [6, 6.07) is 4.49. The Balaban J connectivity index is 2.09. The fourth-order valence-electron chi connectivity index (χ4n) is 2.10. The topological polar surface area (TPSA) is 51.2 Å². The van der Waals surface area contributed by atoms with Crippen LogP contribution in [0.15, 0.2) is 34.9 Å². The lowest BCUT2D eigenvalue weighted by Crippen LogP contribution is -2.46. The first kappa shape index (κ1) is 13.9. The Morgan fingerprint density at radius 1 is 1.24 bits per heavy atom. The van der Waals surface area contributed by atoms with Crippen molar-refractivity contribution in [3.63, 3.8) is 0 Å². The SMILES string of the molecule is CC1(c2cc(F)cc(F)c2)Oc2ncc(Br)cc2NC1=O. The largest absolute Gasteiger partial charge is 0.455 e. The molecule has 1 unspecified atom stereocenters. The molecule has 3 rings (SSSR count). The summed E-state index contributed by atoms with van der Waals surface area (Å²) in [5.74, 6) is -1.90. The Bertz CT molecular complexity index is 733. The fraction of sp³-hybridized carbons (Fsp3) is 0.143. The van der Waals surface area contributed by atoms with E-state index in [1.165, 1.54) is 13.1 Å². The van der Waals surface area contributed by atoms with Crippen LogP contribution in [0.2, 0.25) is 0 Å². The second-order valence-electron chi connectivity index (χ2n) is 4.75. The van der Waals surface area contributed by atoms with Crippen LogP contribution in [0.4, 0.5) is 14.5 Å². The predicted molar refractivity (Wildman–Crippen MR) is 74.9 cm³/mol. The number of amides is 1. The number of hydrogen-bond acceptors (Lipinski definition) is 3. The second-order valence-corrected chi connectivity index (χ2v) is 5.67. The molecule has 7 heteroatoms. The lowest BCUT2D eigenvalue weighted by Gasteiger charge is -2.34. The Labute approximate surface area is 127 Å². The van der Waals surface area contributed by atoms with Crippen LogP contribution in [0, 0.1) is 11.6 Å². The summed E-state index contributed by atoms with van der Waals surface area (Å²) in [4.78, 5) is 16.3. The summed E-state index contributed by atoms with van der Waals surface area (Å²) in [7, 11) is 0. The van der Waals surface area contributed by atoms with Crippen molar-refractivity contribution in [3.05, 3.63) is 52.1 Å². The van der Waals surface area contributed by atoms with Gasteiger partial charge in [-0.05, 0) is 41.1 Å². The van der Waals surface area contributed by atoms with Crippen LogP contribution >= 0.6 is 15.9 Å². The maximum atomic E-state index is 13.4. The normalized spacial score (nSPS) is 20.5. The van der Waals surface area contributed by atoms with E-state index in [2.05, 4.69) is 26.2 Å². The van der Waals surface area contributed by atoms with Crippen molar-refractivity contribution in [2.24, 2.45) is 0 Å². The highest BCUT2D eigenvalue weighted by Crippen LogP contribution is 2.38. The summed E-state index contributed by atoms with van der Waals surface area (Å²) in [5, 5.41) is 2.63. The first-order valence-corrected chi connectivity index (χ1v) is 6.80. The van der Waals surface area contributed by atoms with E-state index in [0.717, 1.165) is 18.2 Å². The number of benzene rings is 1. The molecular weight excluding hydrogens is 346 g/mol. The van der Waals surface area contributed by atoms with Gasteiger partial charge in [-0.1, -0.05) is 0 Å². The average Bonchev–Trinajstić information content (AvgIpc) is 2.39. The quantitative estimate of drug-likeness (QED) is 0.854. The van der Waals surface area contributed by atoms with Crippen molar-refractivity contribution in [3.8, 4) is 5.88 Å². The number of ether oxygens (including phenoxy) is 1. The zero-order valence-corrected chi connectivity index (χ0v) is 12.4. The Hall–Kier alpha value is -2.02. The van der Waals surface area contributed by atoms with E-state index in [4.69, 9.17) is 4.74 Å². The van der Waals surface area contributed by atoms with Gasteiger partial charge in [-0.25, -0.2) is 13.8 Å². The lowest BCUT2D eigenvalue weighted by molar-refractivity contribution is -0.132. The predicted octanol–water partition coefficient (Wildman–Crippen LogP) is 3.37. The molecular formula is C14H9BrF2N2O2. The van der Waals surface area contributed by atoms with Gasteiger partial charge in [0.15, 0.2) is 0 Å². The zero-order chi connectivity index (χ0) is 15.2. The molecule has 1 aromatic heterocycles. The number of halogens is 3. The highest BCUT2D eigenvalue weighted by atomic mass is 79.9. The van der Waals surface area contributed by atoms with Crippen LogP contribution < -0.4 is 10.1 Å².